The van der Waals surface area contributed by atoms with Crippen molar-refractivity contribution in [2.24, 2.45) is 0 Å². The van der Waals surface area contributed by atoms with E-state index in [1.165, 1.54) is 0 Å². The first-order valence-corrected chi connectivity index (χ1v) is 8.29. The second kappa shape index (κ2) is 9.08. The van der Waals surface area contributed by atoms with Gasteiger partial charge in [0.25, 0.3) is 0 Å². The molecule has 4 heteroatoms. The fourth-order valence-electron chi connectivity index (χ4n) is 2.16. The summed E-state index contributed by atoms with van der Waals surface area (Å²) >= 11 is 0. The number of rotatable bonds is 9. The number of hydrogen-bond acceptors (Lipinski definition) is 4. The van der Waals surface area contributed by atoms with Crippen molar-refractivity contribution in [3.8, 4) is 11.5 Å². The van der Waals surface area contributed by atoms with Crippen LogP contribution >= 0.6 is 0 Å². The molecule has 0 spiro atoms. The van der Waals surface area contributed by atoms with Crippen LogP contribution in [0.15, 0.2) is 48.5 Å². The molecular formula is C20H25NO3. The van der Waals surface area contributed by atoms with E-state index in [4.69, 9.17) is 9.47 Å². The second-order valence-electron chi connectivity index (χ2n) is 5.96. The average molecular weight is 327 g/mol. The summed E-state index contributed by atoms with van der Waals surface area (Å²) in [6.45, 7) is 6.64. The van der Waals surface area contributed by atoms with Crippen molar-refractivity contribution in [1.29, 1.82) is 0 Å². The molecule has 128 valence electrons. The molecule has 0 unspecified atom stereocenters. The molecule has 0 aromatic heterocycles. The summed E-state index contributed by atoms with van der Waals surface area (Å²) < 4.78 is 11.3. The van der Waals surface area contributed by atoms with Crippen LogP contribution < -0.4 is 10.1 Å². The Labute approximate surface area is 143 Å². The number of ether oxygens (including phenoxy) is 2. The van der Waals surface area contributed by atoms with Gasteiger partial charge in [0.05, 0.1) is 6.61 Å². The zero-order chi connectivity index (χ0) is 17.4. The Kier molecular flexibility index (Phi) is 6.82. The highest BCUT2D eigenvalue weighted by atomic mass is 16.5. The fourth-order valence-corrected chi connectivity index (χ4v) is 2.16. The summed E-state index contributed by atoms with van der Waals surface area (Å²) in [6.07, 6.45) is 0.511. The van der Waals surface area contributed by atoms with Crippen molar-refractivity contribution >= 4 is 11.5 Å². The minimum Gasteiger partial charge on any atom is -0.457 e. The normalized spacial score (nSPS) is 10.7. The number of Topliss-reactive ketones (excluding diaryl/α,β-unsaturated/α-hetero) is 1. The van der Waals surface area contributed by atoms with E-state index in [2.05, 4.69) is 19.2 Å². The first-order chi connectivity index (χ1) is 11.6. The van der Waals surface area contributed by atoms with Gasteiger partial charge in [-0.05, 0) is 43.7 Å². The highest BCUT2D eigenvalue weighted by Gasteiger charge is 2.02. The number of hydrogen-bond donors (Lipinski definition) is 1. The van der Waals surface area contributed by atoms with Crippen LogP contribution in [0.4, 0.5) is 5.69 Å². The number of benzene rings is 2. The van der Waals surface area contributed by atoms with Crippen molar-refractivity contribution in [3.05, 3.63) is 54.1 Å². The van der Waals surface area contributed by atoms with Gasteiger partial charge in [0.2, 0.25) is 0 Å². The summed E-state index contributed by atoms with van der Waals surface area (Å²) in [5.74, 6) is 1.67. The number of carbonyl (C=O) groups excluding carboxylic acids is 1. The van der Waals surface area contributed by atoms with E-state index < -0.39 is 0 Å². The molecule has 4 nitrogen and oxygen atoms in total. The standard InChI is InChI=1S/C20H25NO3/c1-4-18(22)14-23-13-16-8-10-19(11-9-16)24-20-7-5-6-17(12-20)21-15(2)3/h5-12,15,21H,4,13-14H2,1-3H3. The minimum atomic E-state index is 0.116. The first kappa shape index (κ1) is 18.0. The Hall–Kier alpha value is -2.33. The molecule has 0 saturated heterocycles. The van der Waals surface area contributed by atoms with Crippen LogP contribution in [0.1, 0.15) is 32.8 Å². The largest absolute Gasteiger partial charge is 0.457 e. The monoisotopic (exact) mass is 327 g/mol. The van der Waals surface area contributed by atoms with Crippen molar-refractivity contribution < 1.29 is 14.3 Å². The maximum atomic E-state index is 11.2. The highest BCUT2D eigenvalue weighted by molar-refractivity contribution is 5.79. The Morgan fingerprint density at radius 3 is 2.50 bits per heavy atom. The molecule has 0 radical (unpaired) electrons. The summed E-state index contributed by atoms with van der Waals surface area (Å²) in [7, 11) is 0. The number of nitrogens with one attached hydrogen (secondary N) is 1. The number of carbonyl (C=O) groups is 1. The molecule has 0 amide bonds. The summed E-state index contributed by atoms with van der Waals surface area (Å²) in [6, 6.07) is 16.0. The SMILES string of the molecule is CCC(=O)COCc1ccc(Oc2cccc(NC(C)C)c2)cc1. The van der Waals surface area contributed by atoms with Crippen LogP contribution in [0.25, 0.3) is 0 Å². The lowest BCUT2D eigenvalue weighted by molar-refractivity contribution is -0.123. The average Bonchev–Trinajstić information content (AvgIpc) is 2.56. The molecule has 1 N–H and O–H groups in total. The topological polar surface area (TPSA) is 47.6 Å². The van der Waals surface area contributed by atoms with Crippen molar-refractivity contribution in [3.63, 3.8) is 0 Å². The van der Waals surface area contributed by atoms with Crippen LogP contribution in [0.5, 0.6) is 11.5 Å². The second-order valence-corrected chi connectivity index (χ2v) is 5.96. The molecule has 0 bridgehead atoms. The van der Waals surface area contributed by atoms with Gasteiger partial charge in [0.1, 0.15) is 18.1 Å². The Bertz CT molecular complexity index is 650. The van der Waals surface area contributed by atoms with Crippen LogP contribution in [0, 0.1) is 0 Å². The van der Waals surface area contributed by atoms with E-state index in [-0.39, 0.29) is 12.4 Å². The van der Waals surface area contributed by atoms with Crippen molar-refractivity contribution in [2.45, 2.75) is 39.8 Å². The van der Waals surface area contributed by atoms with Gasteiger partial charge in [0.15, 0.2) is 5.78 Å². The van der Waals surface area contributed by atoms with Crippen molar-refractivity contribution in [2.75, 3.05) is 11.9 Å². The van der Waals surface area contributed by atoms with E-state index in [1.807, 2.05) is 55.5 Å². The van der Waals surface area contributed by atoms with E-state index in [1.54, 1.807) is 0 Å². The van der Waals surface area contributed by atoms with E-state index in [0.29, 0.717) is 19.1 Å². The van der Waals surface area contributed by atoms with E-state index in [9.17, 15) is 4.79 Å². The van der Waals surface area contributed by atoms with Gasteiger partial charge in [-0.15, -0.1) is 0 Å². The van der Waals surface area contributed by atoms with Gasteiger partial charge in [-0.3, -0.25) is 4.79 Å². The molecule has 2 aromatic carbocycles. The Balaban J connectivity index is 1.90. The molecule has 0 atom stereocenters. The minimum absolute atomic E-state index is 0.116. The van der Waals surface area contributed by atoms with E-state index in [0.717, 1.165) is 22.7 Å². The van der Waals surface area contributed by atoms with Gasteiger partial charge < -0.3 is 14.8 Å². The smallest absolute Gasteiger partial charge is 0.158 e. The molecule has 0 aliphatic rings. The summed E-state index contributed by atoms with van der Waals surface area (Å²) in [5.41, 5.74) is 2.05. The zero-order valence-electron chi connectivity index (χ0n) is 14.5. The molecule has 0 saturated carbocycles. The molecule has 0 fully saturated rings. The lowest BCUT2D eigenvalue weighted by Crippen LogP contribution is -2.09. The number of anilines is 1. The maximum absolute atomic E-state index is 11.2. The molecule has 2 aromatic rings. The predicted molar refractivity (Wildman–Crippen MR) is 96.7 cm³/mol. The van der Waals surface area contributed by atoms with Gasteiger partial charge in [-0.25, -0.2) is 0 Å². The lowest BCUT2D eigenvalue weighted by Gasteiger charge is -2.12. The van der Waals surface area contributed by atoms with Crippen LogP contribution in [-0.4, -0.2) is 18.4 Å². The van der Waals surface area contributed by atoms with Crippen LogP contribution in [-0.2, 0) is 16.1 Å². The Morgan fingerprint density at radius 1 is 1.08 bits per heavy atom. The van der Waals surface area contributed by atoms with E-state index >= 15 is 0 Å². The summed E-state index contributed by atoms with van der Waals surface area (Å²) in [4.78, 5) is 11.2. The van der Waals surface area contributed by atoms with Gasteiger partial charge >= 0.3 is 0 Å². The highest BCUT2D eigenvalue weighted by Crippen LogP contribution is 2.24. The van der Waals surface area contributed by atoms with Crippen LogP contribution in [0.2, 0.25) is 0 Å². The van der Waals surface area contributed by atoms with Gasteiger partial charge in [-0.2, -0.15) is 0 Å². The van der Waals surface area contributed by atoms with Crippen LogP contribution in [0.3, 0.4) is 0 Å². The predicted octanol–water partition coefficient (Wildman–Crippen LogP) is 4.79. The summed E-state index contributed by atoms with van der Waals surface area (Å²) in [5, 5.41) is 3.35. The molecule has 24 heavy (non-hydrogen) atoms. The van der Waals surface area contributed by atoms with Crippen molar-refractivity contribution in [1.82, 2.24) is 0 Å². The fraction of sp³-hybridized carbons (Fsp3) is 0.350. The maximum Gasteiger partial charge on any atom is 0.158 e. The molecule has 0 heterocycles. The number of ketones is 1. The zero-order valence-corrected chi connectivity index (χ0v) is 14.5. The third-order valence-corrected chi connectivity index (χ3v) is 3.37. The first-order valence-electron chi connectivity index (χ1n) is 8.29. The van der Waals surface area contributed by atoms with Gasteiger partial charge in [-0.1, -0.05) is 25.1 Å². The quantitative estimate of drug-likeness (QED) is 0.719. The third-order valence-electron chi connectivity index (χ3n) is 3.37. The van der Waals surface area contributed by atoms with Gasteiger partial charge in [0, 0.05) is 24.2 Å². The lowest BCUT2D eigenvalue weighted by atomic mass is 10.2. The molecule has 2 rings (SSSR count). The molecule has 0 aliphatic carbocycles. The molecule has 0 aliphatic heterocycles. The molecular weight excluding hydrogens is 302 g/mol. The Morgan fingerprint density at radius 2 is 1.83 bits per heavy atom. The third kappa shape index (κ3) is 6.05.